The second kappa shape index (κ2) is 6.86. The first kappa shape index (κ1) is 17.7. The van der Waals surface area contributed by atoms with Crippen LogP contribution in [0.1, 0.15) is 28.4 Å². The number of hydrogen-bond acceptors (Lipinski definition) is 2. The van der Waals surface area contributed by atoms with Crippen LogP contribution in [-0.4, -0.2) is 16.7 Å². The molecule has 0 aliphatic carbocycles. The molecule has 0 saturated heterocycles. The maximum absolute atomic E-state index is 13.0. The van der Waals surface area contributed by atoms with Gasteiger partial charge in [0, 0.05) is 19.3 Å². The van der Waals surface area contributed by atoms with Crippen LogP contribution in [0.15, 0.2) is 47.4 Å². The van der Waals surface area contributed by atoms with Gasteiger partial charge in [-0.2, -0.15) is 13.2 Å². The van der Waals surface area contributed by atoms with E-state index in [1.807, 2.05) is 0 Å². The highest BCUT2D eigenvalue weighted by molar-refractivity contribution is 5.94. The third-order valence-electron chi connectivity index (χ3n) is 3.36. The number of halogens is 4. The van der Waals surface area contributed by atoms with Crippen LogP contribution in [0, 0.1) is 5.82 Å². The molecular formula is C16H14F4N2O2. The standard InChI is InChI=1S/C16H14F4N2O2/c1-22-9-11(4-7-14(22)23)15(24)21-13(8-16(18,19)20)10-2-5-12(17)6-3-10/h2-7,9,13H,8H2,1H3,(H,21,24)/t13-/m0/s1. The van der Waals surface area contributed by atoms with E-state index in [-0.39, 0.29) is 16.7 Å². The number of aromatic nitrogens is 1. The van der Waals surface area contributed by atoms with E-state index in [1.54, 1.807) is 0 Å². The molecule has 0 unspecified atom stereocenters. The molecule has 0 saturated carbocycles. The Morgan fingerprint density at radius 3 is 2.33 bits per heavy atom. The van der Waals surface area contributed by atoms with Crippen LogP contribution in [0.25, 0.3) is 0 Å². The van der Waals surface area contributed by atoms with E-state index in [9.17, 15) is 27.2 Å². The molecule has 2 aromatic rings. The van der Waals surface area contributed by atoms with Crippen LogP contribution in [0.3, 0.4) is 0 Å². The Morgan fingerprint density at radius 1 is 1.17 bits per heavy atom. The van der Waals surface area contributed by atoms with Crippen LogP contribution in [-0.2, 0) is 7.05 Å². The molecule has 0 aliphatic heterocycles. The van der Waals surface area contributed by atoms with Crippen LogP contribution in [0.4, 0.5) is 17.6 Å². The van der Waals surface area contributed by atoms with Crippen molar-refractivity contribution in [1.29, 1.82) is 0 Å². The van der Waals surface area contributed by atoms with Crippen molar-refractivity contribution in [2.45, 2.75) is 18.6 Å². The minimum atomic E-state index is -4.52. The lowest BCUT2D eigenvalue weighted by Gasteiger charge is -2.21. The third kappa shape index (κ3) is 4.68. The topological polar surface area (TPSA) is 51.1 Å². The van der Waals surface area contributed by atoms with Gasteiger partial charge >= 0.3 is 6.18 Å². The summed E-state index contributed by atoms with van der Waals surface area (Å²) in [7, 11) is 1.42. The van der Waals surface area contributed by atoms with Gasteiger partial charge in [0.2, 0.25) is 5.56 Å². The Bertz CT molecular complexity index is 782. The summed E-state index contributed by atoms with van der Waals surface area (Å²) >= 11 is 0. The second-order valence-corrected chi connectivity index (χ2v) is 5.26. The molecule has 1 aromatic heterocycles. The number of pyridine rings is 1. The van der Waals surface area contributed by atoms with E-state index in [0.717, 1.165) is 22.8 Å². The number of nitrogens with zero attached hydrogens (tertiary/aromatic N) is 1. The first-order chi connectivity index (χ1) is 11.2. The van der Waals surface area contributed by atoms with Gasteiger partial charge in [0.15, 0.2) is 0 Å². The van der Waals surface area contributed by atoms with Gasteiger partial charge in [-0.05, 0) is 23.8 Å². The molecule has 0 spiro atoms. The zero-order valence-electron chi connectivity index (χ0n) is 12.6. The molecule has 1 heterocycles. The molecule has 4 nitrogen and oxygen atoms in total. The molecule has 0 radical (unpaired) electrons. The van der Waals surface area contributed by atoms with Crippen LogP contribution in [0.2, 0.25) is 0 Å². The molecule has 1 atom stereocenters. The molecule has 0 fully saturated rings. The molecule has 1 N–H and O–H groups in total. The lowest BCUT2D eigenvalue weighted by atomic mass is 10.0. The predicted octanol–water partition coefficient (Wildman–Crippen LogP) is 2.95. The molecule has 24 heavy (non-hydrogen) atoms. The lowest BCUT2D eigenvalue weighted by Crippen LogP contribution is -2.32. The van der Waals surface area contributed by atoms with Gasteiger partial charge in [-0.3, -0.25) is 9.59 Å². The van der Waals surface area contributed by atoms with Crippen molar-refractivity contribution >= 4 is 5.91 Å². The number of amides is 1. The smallest absolute Gasteiger partial charge is 0.345 e. The largest absolute Gasteiger partial charge is 0.391 e. The molecule has 1 aromatic carbocycles. The predicted molar refractivity (Wildman–Crippen MR) is 79.0 cm³/mol. The van der Waals surface area contributed by atoms with Gasteiger partial charge in [-0.1, -0.05) is 12.1 Å². The number of alkyl halides is 3. The van der Waals surface area contributed by atoms with Gasteiger partial charge in [-0.15, -0.1) is 0 Å². The first-order valence-corrected chi connectivity index (χ1v) is 6.95. The monoisotopic (exact) mass is 342 g/mol. The highest BCUT2D eigenvalue weighted by atomic mass is 19.4. The summed E-state index contributed by atoms with van der Waals surface area (Å²) in [6.07, 6.45) is -4.58. The summed E-state index contributed by atoms with van der Waals surface area (Å²) < 4.78 is 52.4. The molecule has 0 aliphatic rings. The fourth-order valence-corrected chi connectivity index (χ4v) is 2.15. The van der Waals surface area contributed by atoms with Crippen molar-refractivity contribution in [3.05, 3.63) is 69.9 Å². The van der Waals surface area contributed by atoms with E-state index in [0.29, 0.717) is 0 Å². The third-order valence-corrected chi connectivity index (χ3v) is 3.36. The van der Waals surface area contributed by atoms with Crippen molar-refractivity contribution in [1.82, 2.24) is 9.88 Å². The molecule has 8 heteroatoms. The molecule has 0 bridgehead atoms. The van der Waals surface area contributed by atoms with Crippen molar-refractivity contribution in [2.75, 3.05) is 0 Å². The quantitative estimate of drug-likeness (QED) is 0.869. The van der Waals surface area contributed by atoms with E-state index < -0.39 is 30.4 Å². The Morgan fingerprint density at radius 2 is 1.79 bits per heavy atom. The summed E-state index contributed by atoms with van der Waals surface area (Å²) in [5, 5.41) is 2.28. The average Bonchev–Trinajstić information content (AvgIpc) is 2.48. The van der Waals surface area contributed by atoms with Gasteiger partial charge in [0.25, 0.3) is 5.91 Å². The second-order valence-electron chi connectivity index (χ2n) is 5.26. The Labute approximate surface area is 134 Å². The number of nitrogens with one attached hydrogen (secondary N) is 1. The summed E-state index contributed by atoms with van der Waals surface area (Å²) in [4.78, 5) is 23.5. The van der Waals surface area contributed by atoms with Crippen molar-refractivity contribution in [3.63, 3.8) is 0 Å². The first-order valence-electron chi connectivity index (χ1n) is 6.95. The van der Waals surface area contributed by atoms with E-state index in [2.05, 4.69) is 5.32 Å². The number of aryl methyl sites for hydroxylation is 1. The van der Waals surface area contributed by atoms with Gasteiger partial charge in [0.1, 0.15) is 5.82 Å². The summed E-state index contributed by atoms with van der Waals surface area (Å²) in [6, 6.07) is 5.43. The van der Waals surface area contributed by atoms with Crippen LogP contribution in [0.5, 0.6) is 0 Å². The van der Waals surface area contributed by atoms with Crippen LogP contribution >= 0.6 is 0 Å². The highest BCUT2D eigenvalue weighted by Gasteiger charge is 2.33. The fraction of sp³-hybridized carbons (Fsp3) is 0.250. The number of carbonyl (C=O) groups is 1. The molecular weight excluding hydrogens is 328 g/mol. The normalized spacial score (nSPS) is 12.7. The molecule has 1 amide bonds. The SMILES string of the molecule is Cn1cc(C(=O)N[C@@H](CC(F)(F)F)c2ccc(F)cc2)ccc1=O. The van der Waals surface area contributed by atoms with E-state index in [1.165, 1.54) is 31.4 Å². The summed E-state index contributed by atoms with van der Waals surface area (Å²) in [5.41, 5.74) is -0.171. The maximum Gasteiger partial charge on any atom is 0.391 e. The number of carbonyl (C=O) groups excluding carboxylic acids is 1. The summed E-state index contributed by atoms with van der Waals surface area (Å²) in [5.74, 6) is -1.35. The van der Waals surface area contributed by atoms with Crippen molar-refractivity contribution in [3.8, 4) is 0 Å². The maximum atomic E-state index is 13.0. The lowest BCUT2D eigenvalue weighted by molar-refractivity contribution is -0.139. The Hall–Kier alpha value is -2.64. The Kier molecular flexibility index (Phi) is 5.06. The number of hydrogen-bond donors (Lipinski definition) is 1. The van der Waals surface area contributed by atoms with Gasteiger partial charge in [0.05, 0.1) is 18.0 Å². The van der Waals surface area contributed by atoms with E-state index >= 15 is 0 Å². The van der Waals surface area contributed by atoms with Crippen LogP contribution < -0.4 is 10.9 Å². The zero-order valence-corrected chi connectivity index (χ0v) is 12.6. The minimum Gasteiger partial charge on any atom is -0.345 e. The molecule has 2 rings (SSSR count). The van der Waals surface area contributed by atoms with Crippen molar-refractivity contribution < 1.29 is 22.4 Å². The number of rotatable bonds is 4. The minimum absolute atomic E-state index is 0.0476. The zero-order chi connectivity index (χ0) is 17.9. The van der Waals surface area contributed by atoms with Crippen molar-refractivity contribution in [2.24, 2.45) is 7.05 Å². The van der Waals surface area contributed by atoms with Gasteiger partial charge in [-0.25, -0.2) is 4.39 Å². The Balaban J connectivity index is 2.26. The average molecular weight is 342 g/mol. The highest BCUT2D eigenvalue weighted by Crippen LogP contribution is 2.29. The fourth-order valence-electron chi connectivity index (χ4n) is 2.15. The summed E-state index contributed by atoms with van der Waals surface area (Å²) in [6.45, 7) is 0. The van der Waals surface area contributed by atoms with Gasteiger partial charge < -0.3 is 9.88 Å². The number of benzene rings is 1. The van der Waals surface area contributed by atoms with E-state index in [4.69, 9.17) is 0 Å². The molecule has 128 valence electrons.